The summed E-state index contributed by atoms with van der Waals surface area (Å²) in [4.78, 5) is 41.9. The number of aryl methyl sites for hydroxylation is 1. The maximum atomic E-state index is 13.2. The highest BCUT2D eigenvalue weighted by atomic mass is 16.2. The maximum absolute atomic E-state index is 13.2. The summed E-state index contributed by atoms with van der Waals surface area (Å²) in [6.07, 6.45) is 7.03. The van der Waals surface area contributed by atoms with E-state index in [-0.39, 0.29) is 17.9 Å². The fraction of sp³-hybridized carbons (Fsp3) is 0.450. The van der Waals surface area contributed by atoms with Gasteiger partial charge in [-0.15, -0.1) is 0 Å². The third-order valence-corrected chi connectivity index (χ3v) is 5.55. The highest BCUT2D eigenvalue weighted by Gasteiger charge is 2.38. The Hall–Kier alpha value is -2.83. The predicted octanol–water partition coefficient (Wildman–Crippen LogP) is 1.93. The minimum Gasteiger partial charge on any atom is -0.341 e. The molecule has 0 aromatic carbocycles. The summed E-state index contributed by atoms with van der Waals surface area (Å²) in [5, 5.41) is 0. The predicted molar refractivity (Wildman–Crippen MR) is 99.8 cm³/mol. The first-order chi connectivity index (χ1) is 13.0. The molecule has 2 bridgehead atoms. The molecule has 3 aliphatic rings. The van der Waals surface area contributed by atoms with Crippen molar-refractivity contribution in [2.24, 2.45) is 5.92 Å². The van der Waals surface area contributed by atoms with Crippen LogP contribution >= 0.6 is 0 Å². The van der Waals surface area contributed by atoms with Gasteiger partial charge in [0, 0.05) is 56.8 Å². The lowest BCUT2D eigenvalue weighted by molar-refractivity contribution is -0.129. The van der Waals surface area contributed by atoms with Crippen molar-refractivity contribution in [1.29, 1.82) is 0 Å². The number of rotatable bonds is 2. The highest BCUT2D eigenvalue weighted by Crippen LogP contribution is 2.29. The van der Waals surface area contributed by atoms with E-state index in [0.29, 0.717) is 36.1 Å². The molecular formula is C20H23N5O2. The summed E-state index contributed by atoms with van der Waals surface area (Å²) < 4.78 is 0. The van der Waals surface area contributed by atoms with Crippen LogP contribution in [0.15, 0.2) is 30.7 Å². The maximum Gasteiger partial charge on any atom is 0.257 e. The Balaban J connectivity index is 1.59. The van der Waals surface area contributed by atoms with E-state index in [1.54, 1.807) is 25.5 Å². The summed E-state index contributed by atoms with van der Waals surface area (Å²) in [7, 11) is 0. The smallest absolute Gasteiger partial charge is 0.257 e. The SMILES string of the molecule is CC(=O)N1C[C@@H]2CC[C@H](C1)N(C(=O)c1cnc(-c3cccnc3)nc1C)C2. The van der Waals surface area contributed by atoms with Crippen molar-refractivity contribution in [1.82, 2.24) is 24.8 Å². The Morgan fingerprint density at radius 3 is 2.70 bits per heavy atom. The molecule has 7 nitrogen and oxygen atoms in total. The molecule has 2 amide bonds. The molecular weight excluding hydrogens is 342 g/mol. The van der Waals surface area contributed by atoms with Crippen LogP contribution in [0.1, 0.15) is 35.8 Å². The zero-order chi connectivity index (χ0) is 19.0. The summed E-state index contributed by atoms with van der Waals surface area (Å²) in [5.74, 6) is 0.955. The van der Waals surface area contributed by atoms with E-state index in [1.807, 2.05) is 28.9 Å². The summed E-state index contributed by atoms with van der Waals surface area (Å²) >= 11 is 0. The Labute approximate surface area is 158 Å². The van der Waals surface area contributed by atoms with Crippen molar-refractivity contribution in [2.45, 2.75) is 32.7 Å². The number of hydrogen-bond donors (Lipinski definition) is 0. The van der Waals surface area contributed by atoms with E-state index in [1.165, 1.54) is 0 Å². The van der Waals surface area contributed by atoms with Crippen molar-refractivity contribution >= 4 is 11.8 Å². The van der Waals surface area contributed by atoms with Gasteiger partial charge in [0.1, 0.15) is 0 Å². The summed E-state index contributed by atoms with van der Waals surface area (Å²) in [6.45, 7) is 5.49. The van der Waals surface area contributed by atoms with Crippen LogP contribution in [0.5, 0.6) is 0 Å². The van der Waals surface area contributed by atoms with E-state index in [2.05, 4.69) is 15.0 Å². The summed E-state index contributed by atoms with van der Waals surface area (Å²) in [6, 6.07) is 3.80. The van der Waals surface area contributed by atoms with Crippen LogP contribution < -0.4 is 0 Å². The molecule has 2 aromatic rings. The van der Waals surface area contributed by atoms with Gasteiger partial charge in [-0.1, -0.05) is 0 Å². The fourth-order valence-corrected chi connectivity index (χ4v) is 4.05. The summed E-state index contributed by atoms with van der Waals surface area (Å²) in [5.41, 5.74) is 2.02. The van der Waals surface area contributed by atoms with E-state index < -0.39 is 0 Å². The standard InChI is InChI=1S/C20H23N5O2/c1-13-18(9-22-19(23-13)16-4-3-7-21-8-16)20(27)25-11-15-5-6-17(25)12-24(10-15)14(2)26/h3-4,7-9,15,17H,5-6,10-12H2,1-2H3/t15-,17+/m0/s1. The molecule has 5 heterocycles. The quantitative estimate of drug-likeness (QED) is 0.812. The second-order valence-corrected chi connectivity index (χ2v) is 7.41. The zero-order valence-electron chi connectivity index (χ0n) is 15.6. The molecule has 0 spiro atoms. The van der Waals surface area contributed by atoms with E-state index in [9.17, 15) is 9.59 Å². The van der Waals surface area contributed by atoms with Crippen LogP contribution in [0.2, 0.25) is 0 Å². The molecule has 3 fully saturated rings. The number of carbonyl (C=O) groups excluding carboxylic acids is 2. The number of amides is 2. The minimum absolute atomic E-state index is 0.0367. The molecule has 27 heavy (non-hydrogen) atoms. The van der Waals surface area contributed by atoms with Crippen LogP contribution in [-0.2, 0) is 4.79 Å². The molecule has 5 rings (SSSR count). The van der Waals surface area contributed by atoms with Crippen molar-refractivity contribution in [3.8, 4) is 11.4 Å². The first kappa shape index (κ1) is 17.6. The lowest BCUT2D eigenvalue weighted by atomic mass is 9.94. The molecule has 2 aromatic heterocycles. The molecule has 2 atom stereocenters. The average molecular weight is 365 g/mol. The van der Waals surface area contributed by atoms with Gasteiger partial charge in [-0.3, -0.25) is 14.6 Å². The molecule has 0 saturated carbocycles. The van der Waals surface area contributed by atoms with Gasteiger partial charge < -0.3 is 9.80 Å². The third-order valence-electron chi connectivity index (χ3n) is 5.55. The molecule has 140 valence electrons. The normalized spacial score (nSPS) is 21.9. The number of pyridine rings is 1. The van der Waals surface area contributed by atoms with E-state index in [4.69, 9.17) is 0 Å². The van der Waals surface area contributed by atoms with E-state index >= 15 is 0 Å². The Morgan fingerprint density at radius 2 is 2.00 bits per heavy atom. The van der Waals surface area contributed by atoms with Gasteiger partial charge in [0.25, 0.3) is 5.91 Å². The average Bonchev–Trinajstić information content (AvgIpc) is 3.00. The number of aromatic nitrogens is 3. The van der Waals surface area contributed by atoms with Crippen LogP contribution in [0.25, 0.3) is 11.4 Å². The van der Waals surface area contributed by atoms with Crippen LogP contribution in [-0.4, -0.2) is 62.2 Å². The van der Waals surface area contributed by atoms with Crippen LogP contribution in [0, 0.1) is 12.8 Å². The topological polar surface area (TPSA) is 79.3 Å². The number of piperidine rings is 1. The van der Waals surface area contributed by atoms with Crippen LogP contribution in [0.3, 0.4) is 0 Å². The number of fused-ring (bicyclic) bond motifs is 4. The second kappa shape index (κ2) is 7.06. The minimum atomic E-state index is -0.0367. The van der Waals surface area contributed by atoms with Crippen molar-refractivity contribution in [3.05, 3.63) is 42.0 Å². The molecule has 0 aliphatic carbocycles. The first-order valence-corrected chi connectivity index (χ1v) is 9.33. The molecule has 3 saturated heterocycles. The zero-order valence-corrected chi connectivity index (χ0v) is 15.6. The molecule has 3 aliphatic heterocycles. The molecule has 0 unspecified atom stereocenters. The number of carbonyl (C=O) groups is 2. The number of hydrogen-bond acceptors (Lipinski definition) is 5. The van der Waals surface area contributed by atoms with Gasteiger partial charge in [0.05, 0.1) is 11.3 Å². The number of nitrogens with zero attached hydrogens (tertiary/aromatic N) is 5. The molecule has 7 heteroatoms. The Morgan fingerprint density at radius 1 is 1.15 bits per heavy atom. The van der Waals surface area contributed by atoms with Gasteiger partial charge in [-0.05, 0) is 37.8 Å². The highest BCUT2D eigenvalue weighted by molar-refractivity contribution is 5.95. The van der Waals surface area contributed by atoms with Gasteiger partial charge in [0.2, 0.25) is 5.91 Å². The second-order valence-electron chi connectivity index (χ2n) is 7.41. The van der Waals surface area contributed by atoms with Gasteiger partial charge in [0.15, 0.2) is 5.82 Å². The Kier molecular flexibility index (Phi) is 4.59. The monoisotopic (exact) mass is 365 g/mol. The van der Waals surface area contributed by atoms with Gasteiger partial charge in [-0.2, -0.15) is 0 Å². The lowest BCUT2D eigenvalue weighted by Gasteiger charge is -2.36. The van der Waals surface area contributed by atoms with Gasteiger partial charge >= 0.3 is 0 Å². The van der Waals surface area contributed by atoms with Crippen molar-refractivity contribution in [2.75, 3.05) is 19.6 Å². The van der Waals surface area contributed by atoms with E-state index in [0.717, 1.165) is 24.9 Å². The largest absolute Gasteiger partial charge is 0.341 e. The fourth-order valence-electron chi connectivity index (χ4n) is 4.05. The first-order valence-electron chi connectivity index (χ1n) is 9.33. The third kappa shape index (κ3) is 3.41. The van der Waals surface area contributed by atoms with Crippen LogP contribution in [0.4, 0.5) is 0 Å². The Bertz CT molecular complexity index is 870. The van der Waals surface area contributed by atoms with Gasteiger partial charge in [-0.25, -0.2) is 9.97 Å². The van der Waals surface area contributed by atoms with Crippen molar-refractivity contribution in [3.63, 3.8) is 0 Å². The molecule has 0 N–H and O–H groups in total. The lowest BCUT2D eigenvalue weighted by Crippen LogP contribution is -2.47. The molecule has 0 radical (unpaired) electrons. The van der Waals surface area contributed by atoms with Crippen molar-refractivity contribution < 1.29 is 9.59 Å².